The fourth-order valence-corrected chi connectivity index (χ4v) is 4.04. The lowest BCUT2D eigenvalue weighted by atomic mass is 10.1. The van der Waals surface area contributed by atoms with Gasteiger partial charge in [-0.2, -0.15) is 0 Å². The summed E-state index contributed by atoms with van der Waals surface area (Å²) in [4.78, 5) is 29.5. The van der Waals surface area contributed by atoms with Crippen LogP contribution in [0.2, 0.25) is 0 Å². The monoisotopic (exact) mass is 456 g/mol. The highest BCUT2D eigenvalue weighted by molar-refractivity contribution is 9.10. The van der Waals surface area contributed by atoms with Crippen LogP contribution in [-0.4, -0.2) is 49.0 Å². The van der Waals surface area contributed by atoms with E-state index in [1.165, 1.54) is 12.7 Å². The van der Waals surface area contributed by atoms with E-state index in [9.17, 15) is 9.59 Å². The number of methoxy groups -OCH3 is 1. The van der Waals surface area contributed by atoms with Crippen LogP contribution in [0.15, 0.2) is 62.2 Å². The van der Waals surface area contributed by atoms with Crippen LogP contribution in [0.1, 0.15) is 15.9 Å². The molecule has 0 spiro atoms. The Kier molecular flexibility index (Phi) is 5.69. The molecule has 0 radical (unpaired) electrons. The fraction of sp³-hybridized carbons (Fsp3) is 0.273. The first-order valence-electron chi connectivity index (χ1n) is 9.42. The average Bonchev–Trinajstić information content (AvgIpc) is 2.74. The zero-order valence-corrected chi connectivity index (χ0v) is 17.6. The first-order valence-corrected chi connectivity index (χ1v) is 10.2. The summed E-state index contributed by atoms with van der Waals surface area (Å²) in [5.74, 6) is 0.152. The van der Waals surface area contributed by atoms with Gasteiger partial charge < -0.3 is 14.1 Å². The molecule has 4 rings (SSSR count). The highest BCUT2D eigenvalue weighted by Crippen LogP contribution is 2.29. The molecule has 0 unspecified atom stereocenters. The Labute approximate surface area is 176 Å². The predicted octanol–water partition coefficient (Wildman–Crippen LogP) is 3.52. The summed E-state index contributed by atoms with van der Waals surface area (Å²) < 4.78 is 11.5. The minimum atomic E-state index is -0.644. The maximum Gasteiger partial charge on any atom is 0.349 e. The Morgan fingerprint density at radius 3 is 2.52 bits per heavy atom. The second-order valence-corrected chi connectivity index (χ2v) is 7.94. The number of hydrogen-bond acceptors (Lipinski definition) is 5. The van der Waals surface area contributed by atoms with Gasteiger partial charge in [-0.1, -0.05) is 46.3 Å². The molecule has 150 valence electrons. The summed E-state index contributed by atoms with van der Waals surface area (Å²) in [5, 5.41) is 0.641. The number of ether oxygens (including phenoxy) is 1. The molecule has 0 bridgehead atoms. The van der Waals surface area contributed by atoms with Gasteiger partial charge in [0.2, 0.25) is 0 Å². The summed E-state index contributed by atoms with van der Waals surface area (Å²) in [6.45, 7) is 3.53. The van der Waals surface area contributed by atoms with Gasteiger partial charge in [0.15, 0.2) is 11.3 Å². The Hall–Kier alpha value is -2.64. The molecule has 0 N–H and O–H groups in total. The standard InChI is InChI=1S/C22H21BrN2O4/c1-28-19-13-17(23)11-16-12-18(22(27)29-20(16)19)21(26)25-9-7-24(8-10-25)14-15-5-3-2-4-6-15/h2-6,11-13H,7-10,14H2,1H3. The molecule has 1 fully saturated rings. The van der Waals surface area contributed by atoms with E-state index in [4.69, 9.17) is 9.15 Å². The summed E-state index contributed by atoms with van der Waals surface area (Å²) >= 11 is 3.41. The summed E-state index contributed by atoms with van der Waals surface area (Å²) in [7, 11) is 1.51. The van der Waals surface area contributed by atoms with E-state index < -0.39 is 5.63 Å². The van der Waals surface area contributed by atoms with Crippen molar-refractivity contribution >= 4 is 32.8 Å². The number of carbonyl (C=O) groups excluding carboxylic acids is 1. The van der Waals surface area contributed by atoms with E-state index in [0.29, 0.717) is 29.8 Å². The van der Waals surface area contributed by atoms with E-state index in [1.807, 2.05) is 18.2 Å². The van der Waals surface area contributed by atoms with Crippen LogP contribution in [0, 0.1) is 0 Å². The van der Waals surface area contributed by atoms with Crippen molar-refractivity contribution in [2.45, 2.75) is 6.54 Å². The maximum absolute atomic E-state index is 13.0. The molecule has 1 amide bonds. The zero-order valence-electron chi connectivity index (χ0n) is 16.1. The summed E-state index contributed by atoms with van der Waals surface area (Å²) in [5.41, 5.74) is 0.996. The van der Waals surface area contributed by atoms with Crippen molar-refractivity contribution in [1.29, 1.82) is 0 Å². The van der Waals surface area contributed by atoms with Crippen LogP contribution in [0.25, 0.3) is 11.0 Å². The van der Waals surface area contributed by atoms with Crippen LogP contribution < -0.4 is 10.4 Å². The number of carbonyl (C=O) groups is 1. The van der Waals surface area contributed by atoms with Gasteiger partial charge >= 0.3 is 5.63 Å². The topological polar surface area (TPSA) is 63.0 Å². The molecular formula is C22H21BrN2O4. The van der Waals surface area contributed by atoms with E-state index in [2.05, 4.69) is 33.0 Å². The summed E-state index contributed by atoms with van der Waals surface area (Å²) in [6, 6.07) is 15.4. The molecule has 1 saturated heterocycles. The molecule has 2 aromatic carbocycles. The third-order valence-corrected chi connectivity index (χ3v) is 5.58. The van der Waals surface area contributed by atoms with E-state index in [1.54, 1.807) is 23.1 Å². The van der Waals surface area contributed by atoms with Gasteiger partial charge in [-0.05, 0) is 23.8 Å². The molecule has 1 aromatic heterocycles. The minimum Gasteiger partial charge on any atom is -0.493 e. The number of fused-ring (bicyclic) bond motifs is 1. The molecule has 0 atom stereocenters. The zero-order chi connectivity index (χ0) is 20.4. The van der Waals surface area contributed by atoms with Crippen molar-refractivity contribution in [2.24, 2.45) is 0 Å². The fourth-order valence-electron chi connectivity index (χ4n) is 3.59. The van der Waals surface area contributed by atoms with Crippen molar-refractivity contribution in [3.05, 3.63) is 74.6 Å². The number of piperazine rings is 1. The van der Waals surface area contributed by atoms with Crippen LogP contribution in [-0.2, 0) is 6.54 Å². The normalized spacial score (nSPS) is 14.9. The third kappa shape index (κ3) is 4.21. The molecule has 0 saturated carbocycles. The van der Waals surface area contributed by atoms with E-state index >= 15 is 0 Å². The van der Waals surface area contributed by atoms with Crippen LogP contribution in [0.5, 0.6) is 5.75 Å². The largest absolute Gasteiger partial charge is 0.493 e. The van der Waals surface area contributed by atoms with Crippen molar-refractivity contribution in [1.82, 2.24) is 9.80 Å². The minimum absolute atomic E-state index is 0.0502. The Bertz CT molecular complexity index is 1090. The predicted molar refractivity (Wildman–Crippen MR) is 114 cm³/mol. The molecule has 6 nitrogen and oxygen atoms in total. The van der Waals surface area contributed by atoms with Crippen molar-refractivity contribution in [3.63, 3.8) is 0 Å². The Morgan fingerprint density at radius 2 is 1.83 bits per heavy atom. The van der Waals surface area contributed by atoms with Gasteiger partial charge in [0.1, 0.15) is 5.56 Å². The van der Waals surface area contributed by atoms with Gasteiger partial charge in [0, 0.05) is 42.6 Å². The van der Waals surface area contributed by atoms with Gasteiger partial charge in [-0.15, -0.1) is 0 Å². The molecule has 2 heterocycles. The van der Waals surface area contributed by atoms with Gasteiger partial charge in [0.25, 0.3) is 5.91 Å². The van der Waals surface area contributed by atoms with Crippen molar-refractivity contribution in [2.75, 3.05) is 33.3 Å². The first kappa shape index (κ1) is 19.7. The lowest BCUT2D eigenvalue weighted by molar-refractivity contribution is 0.0624. The van der Waals surface area contributed by atoms with Crippen LogP contribution in [0.3, 0.4) is 0 Å². The number of hydrogen-bond donors (Lipinski definition) is 0. The van der Waals surface area contributed by atoms with Crippen molar-refractivity contribution < 1.29 is 13.9 Å². The molecule has 7 heteroatoms. The number of nitrogens with zero attached hydrogens (tertiary/aromatic N) is 2. The van der Waals surface area contributed by atoms with Crippen molar-refractivity contribution in [3.8, 4) is 5.75 Å². The first-order chi connectivity index (χ1) is 14.0. The lowest BCUT2D eigenvalue weighted by Crippen LogP contribution is -2.49. The molecule has 1 aliphatic heterocycles. The van der Waals surface area contributed by atoms with Gasteiger partial charge in [0.05, 0.1) is 7.11 Å². The molecule has 1 aliphatic rings. The van der Waals surface area contributed by atoms with E-state index in [0.717, 1.165) is 24.1 Å². The number of benzene rings is 2. The van der Waals surface area contributed by atoms with Gasteiger partial charge in [-0.3, -0.25) is 9.69 Å². The lowest BCUT2D eigenvalue weighted by Gasteiger charge is -2.34. The molecule has 29 heavy (non-hydrogen) atoms. The smallest absolute Gasteiger partial charge is 0.349 e. The Balaban J connectivity index is 1.51. The second kappa shape index (κ2) is 8.39. The van der Waals surface area contributed by atoms with Gasteiger partial charge in [-0.25, -0.2) is 4.79 Å². The Morgan fingerprint density at radius 1 is 1.10 bits per heavy atom. The number of rotatable bonds is 4. The van der Waals surface area contributed by atoms with E-state index in [-0.39, 0.29) is 11.5 Å². The number of amides is 1. The van der Waals surface area contributed by atoms with Crippen LogP contribution >= 0.6 is 15.9 Å². The summed E-state index contributed by atoms with van der Waals surface area (Å²) in [6.07, 6.45) is 0. The average molecular weight is 457 g/mol. The quantitative estimate of drug-likeness (QED) is 0.562. The van der Waals surface area contributed by atoms with Crippen LogP contribution in [0.4, 0.5) is 0 Å². The SMILES string of the molecule is COc1cc(Br)cc2cc(C(=O)N3CCN(Cc4ccccc4)CC3)c(=O)oc12. The maximum atomic E-state index is 13.0. The number of halogens is 1. The third-order valence-electron chi connectivity index (χ3n) is 5.12. The molecule has 3 aromatic rings. The molecular weight excluding hydrogens is 436 g/mol. The second-order valence-electron chi connectivity index (χ2n) is 7.03. The highest BCUT2D eigenvalue weighted by Gasteiger charge is 2.25. The highest BCUT2D eigenvalue weighted by atomic mass is 79.9. The molecule has 0 aliphatic carbocycles.